The van der Waals surface area contributed by atoms with Gasteiger partial charge in [0.1, 0.15) is 6.04 Å². The maximum absolute atomic E-state index is 12.4. The van der Waals surface area contributed by atoms with Crippen LogP contribution in [0.2, 0.25) is 0 Å². The monoisotopic (exact) mass is 366 g/mol. The van der Waals surface area contributed by atoms with E-state index in [9.17, 15) is 13.6 Å². The Morgan fingerprint density at radius 3 is 2.76 bits per heavy atom. The molecule has 25 heavy (non-hydrogen) atoms. The number of alkyl halides is 2. The van der Waals surface area contributed by atoms with Crippen molar-refractivity contribution in [1.82, 2.24) is 4.57 Å². The first-order valence-corrected chi connectivity index (χ1v) is 9.21. The van der Waals surface area contributed by atoms with Crippen LogP contribution in [-0.2, 0) is 11.8 Å². The van der Waals surface area contributed by atoms with Gasteiger partial charge in [-0.25, -0.2) is 0 Å². The van der Waals surface area contributed by atoms with E-state index in [-0.39, 0.29) is 5.91 Å². The molecule has 2 heterocycles. The Kier molecular flexibility index (Phi) is 5.75. The van der Waals surface area contributed by atoms with E-state index in [1.54, 1.807) is 24.3 Å². The summed E-state index contributed by atoms with van der Waals surface area (Å²) >= 11 is 0.500. The van der Waals surface area contributed by atoms with Gasteiger partial charge in [-0.15, -0.1) is 0 Å². The summed E-state index contributed by atoms with van der Waals surface area (Å²) in [5.74, 6) is -2.49. The standard InChI is InChI=1S/C18H21F2N3OS/c1-22-10-2-4-15(22)16-5-3-11-23(16)12-17(24)21-13-6-8-14(9-7-13)25-18(19)20/h2,4,6-10,16,18H,3,5,11-12H2,1H3,(H,21,24)/p+1/t16-/m0/s1. The van der Waals surface area contributed by atoms with Crippen LogP contribution in [0.3, 0.4) is 0 Å². The number of thioether (sulfide) groups is 1. The fraction of sp³-hybridized carbons (Fsp3) is 0.389. The maximum Gasteiger partial charge on any atom is 0.288 e. The lowest BCUT2D eigenvalue weighted by atomic mass is 10.1. The molecule has 2 N–H and O–H groups in total. The topological polar surface area (TPSA) is 38.5 Å². The summed E-state index contributed by atoms with van der Waals surface area (Å²) in [7, 11) is 2.03. The molecule has 1 aliphatic heterocycles. The number of nitrogens with one attached hydrogen (secondary N) is 2. The highest BCUT2D eigenvalue weighted by molar-refractivity contribution is 7.99. The number of amides is 1. The number of halogens is 2. The number of carbonyl (C=O) groups is 1. The number of aromatic nitrogens is 1. The molecule has 0 radical (unpaired) electrons. The zero-order valence-corrected chi connectivity index (χ0v) is 14.9. The first-order valence-electron chi connectivity index (χ1n) is 8.33. The number of likely N-dealkylation sites (tertiary alicyclic amines) is 1. The molecular weight excluding hydrogens is 344 g/mol. The fourth-order valence-electron chi connectivity index (χ4n) is 3.45. The number of hydrogen-bond acceptors (Lipinski definition) is 2. The molecule has 2 aromatic rings. The lowest BCUT2D eigenvalue weighted by Gasteiger charge is -2.21. The SMILES string of the molecule is Cn1cccc1[C@@H]1CCC[NH+]1CC(=O)Nc1ccc(SC(F)F)cc1. The molecule has 0 saturated carbocycles. The number of benzene rings is 1. The number of quaternary nitrogens is 1. The molecule has 3 rings (SSSR count). The van der Waals surface area contributed by atoms with Crippen molar-refractivity contribution in [2.75, 3.05) is 18.4 Å². The highest BCUT2D eigenvalue weighted by atomic mass is 32.2. The van der Waals surface area contributed by atoms with E-state index in [1.807, 2.05) is 19.3 Å². The molecule has 134 valence electrons. The Bertz CT molecular complexity index is 717. The van der Waals surface area contributed by atoms with E-state index in [0.717, 1.165) is 19.4 Å². The van der Waals surface area contributed by atoms with Crippen LogP contribution in [-0.4, -0.2) is 29.3 Å². The van der Waals surface area contributed by atoms with Crippen molar-refractivity contribution in [1.29, 1.82) is 0 Å². The molecule has 1 unspecified atom stereocenters. The van der Waals surface area contributed by atoms with E-state index in [4.69, 9.17) is 0 Å². The van der Waals surface area contributed by atoms with Gasteiger partial charge in [0.05, 0.1) is 12.2 Å². The third-order valence-corrected chi connectivity index (χ3v) is 5.30. The van der Waals surface area contributed by atoms with Crippen LogP contribution in [0, 0.1) is 0 Å². The zero-order chi connectivity index (χ0) is 17.8. The third kappa shape index (κ3) is 4.61. The van der Waals surface area contributed by atoms with E-state index in [0.29, 0.717) is 34.9 Å². The summed E-state index contributed by atoms with van der Waals surface area (Å²) in [5.41, 5.74) is 1.89. The molecule has 1 aliphatic rings. The first-order chi connectivity index (χ1) is 12.0. The van der Waals surface area contributed by atoms with Crippen LogP contribution in [0.15, 0.2) is 47.5 Å². The van der Waals surface area contributed by atoms with Crippen LogP contribution in [0.4, 0.5) is 14.5 Å². The minimum atomic E-state index is -2.44. The molecule has 1 amide bonds. The number of rotatable bonds is 6. The van der Waals surface area contributed by atoms with Crippen LogP contribution in [0.1, 0.15) is 24.6 Å². The van der Waals surface area contributed by atoms with Crippen molar-refractivity contribution in [3.8, 4) is 0 Å². The Labute approximate surface area is 150 Å². The normalized spacial score (nSPS) is 20.2. The molecule has 7 heteroatoms. The molecule has 2 atom stereocenters. The summed E-state index contributed by atoms with van der Waals surface area (Å²) < 4.78 is 26.8. The first kappa shape index (κ1) is 17.9. The van der Waals surface area contributed by atoms with E-state index in [1.165, 1.54) is 10.6 Å². The summed E-state index contributed by atoms with van der Waals surface area (Å²) in [6.07, 6.45) is 4.22. The van der Waals surface area contributed by atoms with Crippen LogP contribution < -0.4 is 10.2 Å². The van der Waals surface area contributed by atoms with Crippen LogP contribution >= 0.6 is 11.8 Å². The highest BCUT2D eigenvalue weighted by Crippen LogP contribution is 2.26. The van der Waals surface area contributed by atoms with Gasteiger partial charge in [0.25, 0.3) is 11.7 Å². The van der Waals surface area contributed by atoms with Gasteiger partial charge in [-0.2, -0.15) is 8.78 Å². The molecule has 0 bridgehead atoms. The summed E-state index contributed by atoms with van der Waals surface area (Å²) in [5, 5.41) is 2.87. The minimum Gasteiger partial charge on any atom is -0.350 e. The summed E-state index contributed by atoms with van der Waals surface area (Å²) in [6.45, 7) is 1.39. The number of nitrogens with zero attached hydrogens (tertiary/aromatic N) is 1. The van der Waals surface area contributed by atoms with Gasteiger partial charge >= 0.3 is 0 Å². The van der Waals surface area contributed by atoms with Gasteiger partial charge in [0, 0.05) is 36.7 Å². The average Bonchev–Trinajstić information content (AvgIpc) is 3.17. The average molecular weight is 366 g/mol. The van der Waals surface area contributed by atoms with Crippen molar-refractivity contribution < 1.29 is 18.5 Å². The van der Waals surface area contributed by atoms with Gasteiger partial charge in [0.2, 0.25) is 0 Å². The van der Waals surface area contributed by atoms with Gasteiger partial charge < -0.3 is 14.8 Å². The molecular formula is C18H22F2N3OS+. The number of hydrogen-bond donors (Lipinski definition) is 2. The molecule has 1 saturated heterocycles. The van der Waals surface area contributed by atoms with Gasteiger partial charge in [0.15, 0.2) is 6.54 Å². The minimum absolute atomic E-state index is 0.0506. The Morgan fingerprint density at radius 2 is 2.12 bits per heavy atom. The zero-order valence-electron chi connectivity index (χ0n) is 14.0. The number of carbonyl (C=O) groups excluding carboxylic acids is 1. The van der Waals surface area contributed by atoms with Gasteiger partial charge in [-0.1, -0.05) is 11.8 Å². The smallest absolute Gasteiger partial charge is 0.288 e. The maximum atomic E-state index is 12.4. The van der Waals surface area contributed by atoms with E-state index >= 15 is 0 Å². The quantitative estimate of drug-likeness (QED) is 0.772. The van der Waals surface area contributed by atoms with Crippen molar-refractivity contribution >= 4 is 23.4 Å². The summed E-state index contributed by atoms with van der Waals surface area (Å²) in [4.78, 5) is 14.1. The Hall–Kier alpha value is -1.86. The third-order valence-electron chi connectivity index (χ3n) is 4.58. The molecule has 0 spiro atoms. The predicted octanol–water partition coefficient (Wildman–Crippen LogP) is 2.70. The van der Waals surface area contributed by atoms with Crippen molar-refractivity contribution in [3.63, 3.8) is 0 Å². The largest absolute Gasteiger partial charge is 0.350 e. The fourth-order valence-corrected chi connectivity index (χ4v) is 3.95. The number of anilines is 1. The second-order valence-corrected chi connectivity index (χ2v) is 7.34. The van der Waals surface area contributed by atoms with Crippen molar-refractivity contribution in [2.24, 2.45) is 7.05 Å². The Morgan fingerprint density at radius 1 is 1.36 bits per heavy atom. The lowest BCUT2D eigenvalue weighted by molar-refractivity contribution is -0.910. The van der Waals surface area contributed by atoms with Crippen LogP contribution in [0.25, 0.3) is 0 Å². The molecule has 0 aliphatic carbocycles. The predicted molar refractivity (Wildman–Crippen MR) is 95.0 cm³/mol. The molecule has 1 fully saturated rings. The highest BCUT2D eigenvalue weighted by Gasteiger charge is 2.32. The van der Waals surface area contributed by atoms with Crippen molar-refractivity contribution in [2.45, 2.75) is 29.5 Å². The van der Waals surface area contributed by atoms with Gasteiger partial charge in [-0.05, 0) is 36.4 Å². The van der Waals surface area contributed by atoms with Crippen molar-refractivity contribution in [3.05, 3.63) is 48.3 Å². The Balaban J connectivity index is 1.57. The van der Waals surface area contributed by atoms with E-state index < -0.39 is 5.76 Å². The second kappa shape index (κ2) is 8.01. The molecule has 1 aromatic carbocycles. The van der Waals surface area contributed by atoms with Crippen LogP contribution in [0.5, 0.6) is 0 Å². The molecule has 4 nitrogen and oxygen atoms in total. The summed E-state index contributed by atoms with van der Waals surface area (Å²) in [6, 6.07) is 11.0. The number of aryl methyl sites for hydroxylation is 1. The second-order valence-electron chi connectivity index (χ2n) is 6.27. The van der Waals surface area contributed by atoms with Gasteiger partial charge in [-0.3, -0.25) is 4.79 Å². The van der Waals surface area contributed by atoms with E-state index in [2.05, 4.69) is 16.0 Å². The molecule has 1 aromatic heterocycles. The lowest BCUT2D eigenvalue weighted by Crippen LogP contribution is -3.11.